The Kier molecular flexibility index (Phi) is 4.80. The van der Waals surface area contributed by atoms with Crippen molar-refractivity contribution in [2.24, 2.45) is 15.1 Å². The highest BCUT2D eigenvalue weighted by Crippen LogP contribution is 2.29. The van der Waals surface area contributed by atoms with Gasteiger partial charge in [0, 0.05) is 37.0 Å². The van der Waals surface area contributed by atoms with Crippen molar-refractivity contribution in [1.29, 1.82) is 0 Å². The van der Waals surface area contributed by atoms with E-state index in [0.29, 0.717) is 49.5 Å². The number of nitrogens with one attached hydrogen (secondary N) is 1. The molecule has 1 saturated heterocycles. The van der Waals surface area contributed by atoms with E-state index in [0.717, 1.165) is 12.1 Å². The maximum absolute atomic E-state index is 11.0. The van der Waals surface area contributed by atoms with Gasteiger partial charge in [0.15, 0.2) is 6.20 Å². The minimum atomic E-state index is 0.111. The van der Waals surface area contributed by atoms with Gasteiger partial charge in [0.1, 0.15) is 17.7 Å². The van der Waals surface area contributed by atoms with Gasteiger partial charge >= 0.3 is 5.84 Å². The summed E-state index contributed by atoms with van der Waals surface area (Å²) in [5.74, 6) is 2.49. The quantitative estimate of drug-likeness (QED) is 0.601. The highest BCUT2D eigenvalue weighted by molar-refractivity contribution is 6.30. The van der Waals surface area contributed by atoms with Crippen LogP contribution in [0.5, 0.6) is 11.5 Å². The molecular formula is C18H22N7O3+. The van der Waals surface area contributed by atoms with Crippen molar-refractivity contribution < 1.29 is 19.0 Å². The zero-order valence-corrected chi connectivity index (χ0v) is 15.8. The number of amidine groups is 1. The lowest BCUT2D eigenvalue weighted by atomic mass is 10.3. The number of nitrogens with zero attached hydrogens (tertiary/aromatic N) is 6. The number of guanidine groups is 1. The smallest absolute Gasteiger partial charge is 0.301 e. The molecule has 10 heteroatoms. The van der Waals surface area contributed by atoms with Gasteiger partial charge in [0.2, 0.25) is 6.41 Å². The standard InChI is InChI=1S/C18H22N7O3/c1-27-15-9-14(10-16(11-15)28-2)20-18-21-17-12-19-3-8-25(17,22-18)24-6-4-23(13-26)5-7-24/h3,8-13H,4-7H2,1-2H3,(H,20,22)/q+1. The van der Waals surface area contributed by atoms with E-state index in [4.69, 9.17) is 14.6 Å². The molecule has 28 heavy (non-hydrogen) atoms. The lowest BCUT2D eigenvalue weighted by Crippen LogP contribution is -2.62. The van der Waals surface area contributed by atoms with Gasteiger partial charge in [-0.3, -0.25) is 9.79 Å². The van der Waals surface area contributed by atoms with Crippen LogP contribution in [-0.2, 0) is 4.79 Å². The molecule has 10 nitrogen and oxygen atoms in total. The van der Waals surface area contributed by atoms with Gasteiger partial charge in [-0.25, -0.2) is 0 Å². The Balaban J connectivity index is 1.61. The number of fused-ring (bicyclic) bond motifs is 1. The number of benzene rings is 1. The molecule has 1 amide bonds. The normalized spacial score (nSPS) is 23.7. The van der Waals surface area contributed by atoms with Crippen molar-refractivity contribution >= 4 is 30.1 Å². The fourth-order valence-electron chi connectivity index (χ4n) is 3.35. The fraction of sp³-hybridized carbons (Fsp3) is 0.333. The fourth-order valence-corrected chi connectivity index (χ4v) is 3.35. The maximum Gasteiger partial charge on any atom is 0.301 e. The topological polar surface area (TPSA) is 91.1 Å². The summed E-state index contributed by atoms with van der Waals surface area (Å²) in [5, 5.41) is 10.2. The van der Waals surface area contributed by atoms with Crippen molar-refractivity contribution in [1.82, 2.24) is 9.91 Å². The van der Waals surface area contributed by atoms with Crippen LogP contribution in [0.3, 0.4) is 0 Å². The van der Waals surface area contributed by atoms with Crippen LogP contribution in [-0.4, -0.2) is 79.4 Å². The predicted molar refractivity (Wildman–Crippen MR) is 105 cm³/mol. The number of hydrogen-bond acceptors (Lipinski definition) is 8. The van der Waals surface area contributed by atoms with Crippen LogP contribution in [0.25, 0.3) is 0 Å². The van der Waals surface area contributed by atoms with Gasteiger partial charge in [-0.15, -0.1) is 10.0 Å². The van der Waals surface area contributed by atoms with E-state index in [1.807, 2.05) is 18.3 Å². The Hall–Kier alpha value is -3.24. The molecule has 0 aromatic heterocycles. The molecule has 3 heterocycles. The molecule has 0 spiro atoms. The molecule has 4 rings (SSSR count). The van der Waals surface area contributed by atoms with Crippen molar-refractivity contribution in [2.75, 3.05) is 45.7 Å². The molecule has 146 valence electrons. The second kappa shape index (κ2) is 7.41. The molecule has 1 unspecified atom stereocenters. The Morgan fingerprint density at radius 3 is 2.46 bits per heavy atom. The van der Waals surface area contributed by atoms with Crippen LogP contribution in [0, 0.1) is 0 Å². The van der Waals surface area contributed by atoms with Gasteiger partial charge in [0.05, 0.1) is 33.5 Å². The number of amides is 1. The van der Waals surface area contributed by atoms with Crippen LogP contribution < -0.4 is 14.8 Å². The average molecular weight is 384 g/mol. The number of hydrogen-bond donors (Lipinski definition) is 1. The first kappa shape index (κ1) is 18.1. The Bertz CT molecular complexity index is 865. The number of ether oxygens (including phenoxy) is 2. The van der Waals surface area contributed by atoms with E-state index in [1.165, 1.54) is 0 Å². The van der Waals surface area contributed by atoms with Crippen LogP contribution >= 0.6 is 0 Å². The molecule has 0 radical (unpaired) electrons. The van der Waals surface area contributed by atoms with Crippen LogP contribution in [0.1, 0.15) is 0 Å². The van der Waals surface area contributed by atoms with E-state index in [2.05, 4.69) is 20.3 Å². The first-order valence-electron chi connectivity index (χ1n) is 8.91. The van der Waals surface area contributed by atoms with Gasteiger partial charge < -0.3 is 19.7 Å². The molecule has 1 aromatic carbocycles. The summed E-state index contributed by atoms with van der Waals surface area (Å²) in [6, 6.07) is 5.49. The molecule has 0 bridgehead atoms. The molecule has 0 saturated carbocycles. The summed E-state index contributed by atoms with van der Waals surface area (Å²) in [4.78, 5) is 21.6. The second-order valence-corrected chi connectivity index (χ2v) is 6.44. The zero-order chi connectivity index (χ0) is 19.6. The van der Waals surface area contributed by atoms with E-state index >= 15 is 0 Å². The Morgan fingerprint density at radius 2 is 1.82 bits per heavy atom. The minimum absolute atomic E-state index is 0.111. The lowest BCUT2D eigenvalue weighted by molar-refractivity contribution is -0.918. The third-order valence-corrected chi connectivity index (χ3v) is 4.83. The van der Waals surface area contributed by atoms with E-state index in [-0.39, 0.29) is 4.70 Å². The second-order valence-electron chi connectivity index (χ2n) is 6.44. The van der Waals surface area contributed by atoms with Crippen LogP contribution in [0.2, 0.25) is 0 Å². The van der Waals surface area contributed by atoms with E-state index in [1.54, 1.807) is 37.6 Å². The van der Waals surface area contributed by atoms with E-state index in [9.17, 15) is 4.79 Å². The largest absolute Gasteiger partial charge is 0.497 e. The summed E-state index contributed by atoms with van der Waals surface area (Å²) in [6.45, 7) is 2.65. The highest BCUT2D eigenvalue weighted by Gasteiger charge is 2.47. The molecule has 1 atom stereocenters. The molecule has 0 aliphatic carbocycles. The summed E-state index contributed by atoms with van der Waals surface area (Å²) in [5.41, 5.74) is 0.754. The van der Waals surface area contributed by atoms with E-state index < -0.39 is 0 Å². The van der Waals surface area contributed by atoms with Crippen molar-refractivity contribution in [3.05, 3.63) is 30.6 Å². The first-order valence-corrected chi connectivity index (χ1v) is 8.91. The maximum atomic E-state index is 11.0. The summed E-state index contributed by atoms with van der Waals surface area (Å²) in [6.07, 6.45) is 6.19. The molecule has 3 aliphatic heterocycles. The van der Waals surface area contributed by atoms with Crippen LogP contribution in [0.15, 0.2) is 45.7 Å². The number of quaternary nitrogens is 1. The number of aliphatic imine (C=N–C) groups is 2. The van der Waals surface area contributed by atoms with Crippen molar-refractivity contribution in [3.63, 3.8) is 0 Å². The minimum Gasteiger partial charge on any atom is -0.497 e. The lowest BCUT2D eigenvalue weighted by Gasteiger charge is -2.39. The number of piperazine rings is 1. The predicted octanol–water partition coefficient (Wildman–Crippen LogP) is 0.860. The van der Waals surface area contributed by atoms with Gasteiger partial charge in [0.25, 0.3) is 5.96 Å². The monoisotopic (exact) mass is 384 g/mol. The van der Waals surface area contributed by atoms with Crippen LogP contribution in [0.4, 0.5) is 5.69 Å². The van der Waals surface area contributed by atoms with Crippen molar-refractivity contribution in [3.8, 4) is 11.5 Å². The number of carbonyl (C=O) groups excluding carboxylic acids is 1. The zero-order valence-electron chi connectivity index (χ0n) is 15.8. The first-order chi connectivity index (χ1) is 13.7. The molecule has 1 fully saturated rings. The van der Waals surface area contributed by atoms with Gasteiger partial charge in [-0.1, -0.05) is 0 Å². The average Bonchev–Trinajstić information content (AvgIpc) is 3.12. The number of anilines is 1. The summed E-state index contributed by atoms with van der Waals surface area (Å²) in [7, 11) is 3.21. The Labute approximate surface area is 162 Å². The van der Waals surface area contributed by atoms with Gasteiger partial charge in [-0.2, -0.15) is 0 Å². The number of methoxy groups -OCH3 is 2. The van der Waals surface area contributed by atoms with Crippen molar-refractivity contribution in [2.45, 2.75) is 0 Å². The summed E-state index contributed by atoms with van der Waals surface area (Å²) < 4.78 is 10.7. The molecule has 1 N–H and O–H groups in total. The number of rotatable bonds is 5. The third kappa shape index (κ3) is 3.23. The summed E-state index contributed by atoms with van der Waals surface area (Å²) >= 11 is 0. The third-order valence-electron chi connectivity index (χ3n) is 4.83. The molecule has 3 aliphatic rings. The highest BCUT2D eigenvalue weighted by atomic mass is 16.5. The molecular weight excluding hydrogens is 362 g/mol. The number of carbonyl (C=O) groups is 1. The van der Waals surface area contributed by atoms with Gasteiger partial charge in [-0.05, 0) is 9.80 Å². The Morgan fingerprint density at radius 1 is 1.11 bits per heavy atom. The SMILES string of the molecule is COc1cc(NC2=N[N+]3(N4CCN(C=O)CC4)C=CN=CC3=N2)cc(OC)c1. The molecule has 1 aromatic rings.